The van der Waals surface area contributed by atoms with Gasteiger partial charge < -0.3 is 5.73 Å². The van der Waals surface area contributed by atoms with Crippen molar-refractivity contribution >= 4 is 10.2 Å². The Bertz CT molecular complexity index is 263. The van der Waals surface area contributed by atoms with Crippen molar-refractivity contribution in [2.24, 2.45) is 17.6 Å². The number of rotatable bonds is 7. The maximum absolute atomic E-state index is 11.5. The van der Waals surface area contributed by atoms with Crippen LogP contribution in [0.15, 0.2) is 0 Å². The predicted molar refractivity (Wildman–Crippen MR) is 62.6 cm³/mol. The molecule has 0 aromatic rings. The summed E-state index contributed by atoms with van der Waals surface area (Å²) < 4.78 is 28.1. The summed E-state index contributed by atoms with van der Waals surface area (Å²) in [4.78, 5) is 0. The first-order valence-corrected chi connectivity index (χ1v) is 6.73. The minimum absolute atomic E-state index is 0.186. The molecule has 0 aromatic carbocycles. The average Bonchev–Trinajstić information content (AvgIpc) is 2.11. The Morgan fingerprint density at radius 3 is 2.07 bits per heavy atom. The molecule has 0 bridgehead atoms. The second-order valence-corrected chi connectivity index (χ2v) is 5.98. The standard InChI is InChI=1S/C9H23N3O2S/c1-7(2)6-11-15(13,14)12-9(5-10)8(3)4/h7-9,11-12H,5-6,10H2,1-4H3. The van der Waals surface area contributed by atoms with E-state index in [1.807, 2.05) is 27.7 Å². The summed E-state index contributed by atoms with van der Waals surface area (Å²) in [6.07, 6.45) is 0. The first kappa shape index (κ1) is 14.8. The Kier molecular flexibility index (Phi) is 6.35. The summed E-state index contributed by atoms with van der Waals surface area (Å²) in [7, 11) is -3.41. The van der Waals surface area contributed by atoms with E-state index in [-0.39, 0.29) is 17.9 Å². The van der Waals surface area contributed by atoms with Crippen LogP contribution in [0.25, 0.3) is 0 Å². The van der Waals surface area contributed by atoms with E-state index >= 15 is 0 Å². The lowest BCUT2D eigenvalue weighted by molar-refractivity contribution is 0.448. The molecule has 0 aliphatic rings. The molecule has 0 amide bonds. The van der Waals surface area contributed by atoms with Crippen LogP contribution in [-0.4, -0.2) is 27.5 Å². The van der Waals surface area contributed by atoms with Crippen molar-refractivity contribution < 1.29 is 8.42 Å². The van der Waals surface area contributed by atoms with E-state index in [2.05, 4.69) is 9.44 Å². The third kappa shape index (κ3) is 6.83. The summed E-state index contributed by atoms with van der Waals surface area (Å²) in [5, 5.41) is 0. The normalized spacial score (nSPS) is 14.9. The maximum Gasteiger partial charge on any atom is 0.277 e. The highest BCUT2D eigenvalue weighted by atomic mass is 32.2. The van der Waals surface area contributed by atoms with E-state index in [1.54, 1.807) is 0 Å². The van der Waals surface area contributed by atoms with Crippen molar-refractivity contribution in [1.82, 2.24) is 9.44 Å². The fourth-order valence-corrected chi connectivity index (χ4v) is 2.38. The van der Waals surface area contributed by atoms with Gasteiger partial charge in [-0.05, 0) is 11.8 Å². The zero-order valence-corrected chi connectivity index (χ0v) is 10.8. The molecule has 0 saturated carbocycles. The molecule has 4 N–H and O–H groups in total. The Hall–Kier alpha value is -0.170. The summed E-state index contributed by atoms with van der Waals surface area (Å²) in [6.45, 7) is 8.51. The van der Waals surface area contributed by atoms with E-state index in [0.717, 1.165) is 0 Å². The van der Waals surface area contributed by atoms with E-state index < -0.39 is 10.2 Å². The van der Waals surface area contributed by atoms with E-state index in [9.17, 15) is 8.42 Å². The highest BCUT2D eigenvalue weighted by Gasteiger charge is 2.18. The summed E-state index contributed by atoms with van der Waals surface area (Å²) in [5.41, 5.74) is 5.48. The summed E-state index contributed by atoms with van der Waals surface area (Å²) >= 11 is 0. The molecule has 92 valence electrons. The lowest BCUT2D eigenvalue weighted by Gasteiger charge is -2.20. The van der Waals surface area contributed by atoms with Gasteiger partial charge in [0, 0.05) is 19.1 Å². The van der Waals surface area contributed by atoms with E-state index in [0.29, 0.717) is 13.1 Å². The van der Waals surface area contributed by atoms with Gasteiger partial charge in [0.25, 0.3) is 10.2 Å². The van der Waals surface area contributed by atoms with Crippen molar-refractivity contribution in [3.8, 4) is 0 Å². The molecule has 0 fully saturated rings. The highest BCUT2D eigenvalue weighted by molar-refractivity contribution is 7.87. The number of nitrogens with two attached hydrogens (primary N) is 1. The van der Waals surface area contributed by atoms with Crippen LogP contribution in [0, 0.1) is 11.8 Å². The van der Waals surface area contributed by atoms with Crippen LogP contribution in [0.2, 0.25) is 0 Å². The Labute approximate surface area is 93.0 Å². The van der Waals surface area contributed by atoms with Gasteiger partial charge in [-0.3, -0.25) is 0 Å². The van der Waals surface area contributed by atoms with Crippen molar-refractivity contribution in [1.29, 1.82) is 0 Å². The molecular weight excluding hydrogens is 214 g/mol. The average molecular weight is 237 g/mol. The van der Waals surface area contributed by atoms with Crippen LogP contribution in [0.5, 0.6) is 0 Å². The van der Waals surface area contributed by atoms with Gasteiger partial charge in [-0.2, -0.15) is 13.1 Å². The molecule has 15 heavy (non-hydrogen) atoms. The predicted octanol–water partition coefficient (Wildman–Crippen LogP) is 0.0497. The van der Waals surface area contributed by atoms with Crippen molar-refractivity contribution in [3.05, 3.63) is 0 Å². The molecule has 0 rings (SSSR count). The summed E-state index contributed by atoms with van der Waals surface area (Å²) in [6, 6.07) is -0.213. The molecule has 1 unspecified atom stereocenters. The van der Waals surface area contributed by atoms with Crippen molar-refractivity contribution in [3.63, 3.8) is 0 Å². The Morgan fingerprint density at radius 2 is 1.73 bits per heavy atom. The molecule has 0 heterocycles. The largest absolute Gasteiger partial charge is 0.329 e. The molecule has 0 radical (unpaired) electrons. The summed E-state index contributed by atoms with van der Waals surface area (Å²) in [5.74, 6) is 0.475. The minimum atomic E-state index is -3.41. The molecule has 0 aliphatic heterocycles. The minimum Gasteiger partial charge on any atom is -0.329 e. The topological polar surface area (TPSA) is 84.2 Å². The van der Waals surface area contributed by atoms with Crippen molar-refractivity contribution in [2.45, 2.75) is 33.7 Å². The van der Waals surface area contributed by atoms with Gasteiger partial charge in [0.1, 0.15) is 0 Å². The maximum atomic E-state index is 11.5. The second kappa shape index (κ2) is 6.42. The number of hydrogen-bond donors (Lipinski definition) is 3. The van der Waals surface area contributed by atoms with Crippen LogP contribution >= 0.6 is 0 Å². The van der Waals surface area contributed by atoms with E-state index in [1.165, 1.54) is 0 Å². The van der Waals surface area contributed by atoms with Crippen molar-refractivity contribution in [2.75, 3.05) is 13.1 Å². The molecule has 6 heteroatoms. The lowest BCUT2D eigenvalue weighted by Crippen LogP contribution is -2.49. The van der Waals surface area contributed by atoms with Gasteiger partial charge in [-0.25, -0.2) is 4.72 Å². The molecule has 1 atom stereocenters. The van der Waals surface area contributed by atoms with Gasteiger partial charge in [0.05, 0.1) is 0 Å². The number of hydrogen-bond acceptors (Lipinski definition) is 3. The fraction of sp³-hybridized carbons (Fsp3) is 1.00. The molecule has 0 spiro atoms. The molecular formula is C9H23N3O2S. The quantitative estimate of drug-likeness (QED) is 0.585. The smallest absolute Gasteiger partial charge is 0.277 e. The third-order valence-corrected chi connectivity index (χ3v) is 3.21. The Morgan fingerprint density at radius 1 is 1.20 bits per heavy atom. The highest BCUT2D eigenvalue weighted by Crippen LogP contribution is 2.01. The zero-order valence-electron chi connectivity index (χ0n) is 9.95. The fourth-order valence-electron chi connectivity index (χ4n) is 0.974. The molecule has 5 nitrogen and oxygen atoms in total. The van der Waals surface area contributed by atoms with Gasteiger partial charge >= 0.3 is 0 Å². The third-order valence-electron chi connectivity index (χ3n) is 2.05. The second-order valence-electron chi connectivity index (χ2n) is 4.45. The van der Waals surface area contributed by atoms with Crippen LogP contribution in [-0.2, 0) is 10.2 Å². The van der Waals surface area contributed by atoms with Crippen LogP contribution in [0.3, 0.4) is 0 Å². The van der Waals surface area contributed by atoms with Gasteiger partial charge in [0.2, 0.25) is 0 Å². The van der Waals surface area contributed by atoms with Gasteiger partial charge in [-0.15, -0.1) is 0 Å². The van der Waals surface area contributed by atoms with E-state index in [4.69, 9.17) is 5.73 Å². The molecule has 0 aromatic heterocycles. The number of nitrogens with one attached hydrogen (secondary N) is 2. The molecule has 0 saturated heterocycles. The van der Waals surface area contributed by atoms with Gasteiger partial charge in [0.15, 0.2) is 0 Å². The first-order chi connectivity index (χ1) is 6.78. The van der Waals surface area contributed by atoms with Crippen LogP contribution < -0.4 is 15.2 Å². The van der Waals surface area contributed by atoms with Crippen LogP contribution in [0.4, 0.5) is 0 Å². The lowest BCUT2D eigenvalue weighted by atomic mass is 10.1. The SMILES string of the molecule is CC(C)CNS(=O)(=O)NC(CN)C(C)C. The first-order valence-electron chi connectivity index (χ1n) is 5.25. The monoisotopic (exact) mass is 237 g/mol. The van der Waals surface area contributed by atoms with Crippen LogP contribution in [0.1, 0.15) is 27.7 Å². The Balaban J connectivity index is 4.23. The molecule has 0 aliphatic carbocycles. The van der Waals surface area contributed by atoms with Gasteiger partial charge in [-0.1, -0.05) is 27.7 Å². The zero-order chi connectivity index (χ0) is 12.1.